The molecule has 2 rings (SSSR count). The van der Waals surface area contributed by atoms with Crippen molar-refractivity contribution in [1.29, 1.82) is 0 Å². The lowest BCUT2D eigenvalue weighted by Crippen LogP contribution is -2.41. The average molecular weight is 281 g/mol. The SMILES string of the molecule is O=C(NCC1(C(=O)O)CCCC1)c1ccc([N+](=O)[O-])[nH]1. The van der Waals surface area contributed by atoms with Crippen LogP contribution in [0.2, 0.25) is 0 Å². The first-order chi connectivity index (χ1) is 9.44. The van der Waals surface area contributed by atoms with Crippen molar-refractivity contribution in [1.82, 2.24) is 10.3 Å². The van der Waals surface area contributed by atoms with Crippen molar-refractivity contribution in [2.75, 3.05) is 6.54 Å². The van der Waals surface area contributed by atoms with Gasteiger partial charge in [-0.25, -0.2) is 4.98 Å². The summed E-state index contributed by atoms with van der Waals surface area (Å²) in [4.78, 5) is 35.4. The normalized spacial score (nSPS) is 16.8. The summed E-state index contributed by atoms with van der Waals surface area (Å²) in [6.45, 7) is 0.0357. The number of nitrogens with zero attached hydrogens (tertiary/aromatic N) is 1. The number of carboxylic acid groups (broad SMARTS) is 1. The third kappa shape index (κ3) is 2.63. The van der Waals surface area contributed by atoms with Gasteiger partial charge in [0.1, 0.15) is 0 Å². The molecule has 8 nitrogen and oxygen atoms in total. The lowest BCUT2D eigenvalue weighted by Gasteiger charge is -2.23. The molecule has 0 aliphatic heterocycles. The molecule has 0 unspecified atom stereocenters. The van der Waals surface area contributed by atoms with E-state index in [9.17, 15) is 24.8 Å². The summed E-state index contributed by atoms with van der Waals surface area (Å²) in [6.07, 6.45) is 2.73. The smallest absolute Gasteiger partial charge is 0.321 e. The highest BCUT2D eigenvalue weighted by molar-refractivity contribution is 5.93. The summed E-state index contributed by atoms with van der Waals surface area (Å²) in [5.74, 6) is -1.72. The third-order valence-electron chi connectivity index (χ3n) is 3.71. The molecule has 1 aromatic heterocycles. The number of carbonyl (C=O) groups excluding carboxylic acids is 1. The van der Waals surface area contributed by atoms with E-state index in [1.54, 1.807) is 0 Å². The lowest BCUT2D eigenvalue weighted by molar-refractivity contribution is -0.389. The van der Waals surface area contributed by atoms with E-state index in [0.717, 1.165) is 12.8 Å². The van der Waals surface area contributed by atoms with E-state index in [-0.39, 0.29) is 18.1 Å². The van der Waals surface area contributed by atoms with E-state index in [1.165, 1.54) is 12.1 Å². The number of H-pyrrole nitrogens is 1. The van der Waals surface area contributed by atoms with Crippen molar-refractivity contribution in [2.45, 2.75) is 25.7 Å². The number of carboxylic acids is 1. The van der Waals surface area contributed by atoms with Gasteiger partial charge in [-0.2, -0.15) is 0 Å². The largest absolute Gasteiger partial charge is 0.481 e. The zero-order valence-electron chi connectivity index (χ0n) is 10.7. The summed E-state index contributed by atoms with van der Waals surface area (Å²) in [5.41, 5.74) is -0.857. The van der Waals surface area contributed by atoms with Crippen LogP contribution in [-0.2, 0) is 4.79 Å². The van der Waals surface area contributed by atoms with Crippen molar-refractivity contribution in [3.8, 4) is 0 Å². The summed E-state index contributed by atoms with van der Waals surface area (Å²) < 4.78 is 0. The molecule has 1 aromatic rings. The summed E-state index contributed by atoms with van der Waals surface area (Å²) in [6, 6.07) is 2.49. The Bertz CT molecular complexity index is 545. The number of carbonyl (C=O) groups is 2. The summed E-state index contributed by atoms with van der Waals surface area (Å²) >= 11 is 0. The zero-order chi connectivity index (χ0) is 14.8. The fourth-order valence-corrected chi connectivity index (χ4v) is 2.49. The van der Waals surface area contributed by atoms with Crippen molar-refractivity contribution >= 4 is 17.7 Å². The summed E-state index contributed by atoms with van der Waals surface area (Å²) in [7, 11) is 0. The molecule has 0 radical (unpaired) electrons. The number of aromatic nitrogens is 1. The van der Waals surface area contributed by atoms with Gasteiger partial charge in [0, 0.05) is 12.6 Å². The number of nitro groups is 1. The van der Waals surface area contributed by atoms with E-state index in [4.69, 9.17) is 0 Å². The number of amides is 1. The van der Waals surface area contributed by atoms with E-state index < -0.39 is 22.2 Å². The quantitative estimate of drug-likeness (QED) is 0.554. The van der Waals surface area contributed by atoms with Crippen LogP contribution >= 0.6 is 0 Å². The van der Waals surface area contributed by atoms with Crippen LogP contribution < -0.4 is 5.32 Å². The Balaban J connectivity index is 2.00. The Morgan fingerprint density at radius 3 is 2.55 bits per heavy atom. The van der Waals surface area contributed by atoms with Crippen LogP contribution in [0.15, 0.2) is 12.1 Å². The van der Waals surface area contributed by atoms with Crippen LogP contribution in [0.1, 0.15) is 36.2 Å². The molecule has 1 amide bonds. The van der Waals surface area contributed by atoms with Crippen LogP contribution in [0.5, 0.6) is 0 Å². The van der Waals surface area contributed by atoms with Crippen molar-refractivity contribution in [2.24, 2.45) is 5.41 Å². The minimum absolute atomic E-state index is 0.0357. The molecule has 0 bridgehead atoms. The van der Waals surface area contributed by atoms with E-state index in [1.807, 2.05) is 0 Å². The van der Waals surface area contributed by atoms with Gasteiger partial charge in [-0.1, -0.05) is 12.8 Å². The van der Waals surface area contributed by atoms with E-state index in [2.05, 4.69) is 10.3 Å². The number of rotatable bonds is 5. The molecule has 8 heteroatoms. The maximum atomic E-state index is 11.8. The Kier molecular flexibility index (Phi) is 3.73. The van der Waals surface area contributed by atoms with Crippen LogP contribution in [0, 0.1) is 15.5 Å². The van der Waals surface area contributed by atoms with Gasteiger partial charge >= 0.3 is 11.8 Å². The van der Waals surface area contributed by atoms with Gasteiger partial charge in [-0.15, -0.1) is 0 Å². The minimum atomic E-state index is -0.909. The highest BCUT2D eigenvalue weighted by atomic mass is 16.6. The van der Waals surface area contributed by atoms with E-state index >= 15 is 0 Å². The number of hydrogen-bond acceptors (Lipinski definition) is 4. The molecule has 0 saturated heterocycles. The number of aromatic amines is 1. The van der Waals surface area contributed by atoms with Crippen molar-refractivity contribution < 1.29 is 19.6 Å². The molecular formula is C12H15N3O5. The first kappa shape index (κ1) is 14.0. The molecule has 1 aliphatic rings. The fourth-order valence-electron chi connectivity index (χ4n) is 2.49. The molecule has 1 aliphatic carbocycles. The van der Waals surface area contributed by atoms with E-state index in [0.29, 0.717) is 12.8 Å². The molecule has 1 saturated carbocycles. The van der Waals surface area contributed by atoms with Crippen LogP contribution in [0.25, 0.3) is 0 Å². The maximum Gasteiger partial charge on any atom is 0.321 e. The second kappa shape index (κ2) is 5.32. The van der Waals surface area contributed by atoms with Gasteiger partial charge in [0.25, 0.3) is 5.91 Å². The molecule has 1 heterocycles. The Labute approximate surface area is 114 Å². The first-order valence-corrected chi connectivity index (χ1v) is 6.30. The minimum Gasteiger partial charge on any atom is -0.481 e. The van der Waals surface area contributed by atoms with Crippen molar-refractivity contribution in [3.05, 3.63) is 27.9 Å². The van der Waals surface area contributed by atoms with Gasteiger partial charge < -0.3 is 20.5 Å². The molecule has 0 aromatic carbocycles. The predicted octanol–water partition coefficient (Wildman–Crippen LogP) is 1.30. The molecule has 0 atom stereocenters. The third-order valence-corrected chi connectivity index (χ3v) is 3.71. The van der Waals surface area contributed by atoms with Gasteiger partial charge in [0.15, 0.2) is 5.69 Å². The van der Waals surface area contributed by atoms with Crippen LogP contribution in [0.3, 0.4) is 0 Å². The first-order valence-electron chi connectivity index (χ1n) is 6.30. The summed E-state index contributed by atoms with van der Waals surface area (Å²) in [5, 5.41) is 22.3. The Morgan fingerprint density at radius 1 is 1.40 bits per heavy atom. The van der Waals surface area contributed by atoms with Crippen LogP contribution in [0.4, 0.5) is 5.82 Å². The predicted molar refractivity (Wildman–Crippen MR) is 68.3 cm³/mol. The van der Waals surface area contributed by atoms with Crippen LogP contribution in [-0.4, -0.2) is 33.4 Å². The number of nitrogens with one attached hydrogen (secondary N) is 2. The molecule has 20 heavy (non-hydrogen) atoms. The highest BCUT2D eigenvalue weighted by Gasteiger charge is 2.41. The number of hydrogen-bond donors (Lipinski definition) is 3. The van der Waals surface area contributed by atoms with Gasteiger partial charge in [-0.05, 0) is 23.8 Å². The molecular weight excluding hydrogens is 266 g/mol. The lowest BCUT2D eigenvalue weighted by atomic mass is 9.86. The average Bonchev–Trinajstić information content (AvgIpc) is 3.06. The molecule has 1 fully saturated rings. The topological polar surface area (TPSA) is 125 Å². The molecule has 0 spiro atoms. The standard InChI is InChI=1S/C12H15N3O5/c16-10(8-3-4-9(14-8)15(19)20)13-7-12(11(17)18)5-1-2-6-12/h3-4,14H,1-2,5-7H2,(H,13,16)(H,17,18). The van der Waals surface area contributed by atoms with Gasteiger partial charge in [-0.3, -0.25) is 9.59 Å². The highest BCUT2D eigenvalue weighted by Crippen LogP contribution is 2.37. The zero-order valence-corrected chi connectivity index (χ0v) is 10.7. The fraction of sp³-hybridized carbons (Fsp3) is 0.500. The Hall–Kier alpha value is -2.38. The maximum absolute atomic E-state index is 11.8. The second-order valence-electron chi connectivity index (χ2n) is 4.99. The molecule has 108 valence electrons. The monoisotopic (exact) mass is 281 g/mol. The number of aliphatic carboxylic acids is 1. The van der Waals surface area contributed by atoms with Gasteiger partial charge in [0.2, 0.25) is 0 Å². The van der Waals surface area contributed by atoms with Gasteiger partial charge in [0.05, 0.1) is 5.41 Å². The second-order valence-corrected chi connectivity index (χ2v) is 4.99. The Morgan fingerprint density at radius 2 is 2.05 bits per heavy atom. The molecule has 3 N–H and O–H groups in total. The van der Waals surface area contributed by atoms with Crippen molar-refractivity contribution in [3.63, 3.8) is 0 Å².